The molecule has 7 heteroatoms. The Morgan fingerprint density at radius 2 is 1.83 bits per heavy atom. The van der Waals surface area contributed by atoms with Gasteiger partial charge in [-0.15, -0.1) is 0 Å². The zero-order valence-electron chi connectivity index (χ0n) is 13.9. The summed E-state index contributed by atoms with van der Waals surface area (Å²) in [7, 11) is 0. The van der Waals surface area contributed by atoms with E-state index in [1.165, 1.54) is 0 Å². The van der Waals surface area contributed by atoms with E-state index < -0.39 is 0 Å². The van der Waals surface area contributed by atoms with Gasteiger partial charge >= 0.3 is 6.03 Å². The van der Waals surface area contributed by atoms with Gasteiger partial charge in [-0.3, -0.25) is 4.79 Å². The third kappa shape index (κ3) is 3.90. The Morgan fingerprint density at radius 3 is 2.62 bits per heavy atom. The maximum absolute atomic E-state index is 12.3. The number of carbonyl (C=O) groups is 2. The standard InChI is InChI=1S/C17H23N3O4/c1-13(21)19-7-4-8-20(10-9-19)17(22)18-11-14-12-23-15-5-2-3-6-16(15)24-14/h2-3,5-6,14H,4,7-12H2,1H3,(H,18,22). The molecule has 1 saturated heterocycles. The first-order chi connectivity index (χ1) is 11.6. The molecule has 1 aromatic rings. The highest BCUT2D eigenvalue weighted by Crippen LogP contribution is 2.30. The van der Waals surface area contributed by atoms with Crippen LogP contribution in [0.15, 0.2) is 24.3 Å². The highest BCUT2D eigenvalue weighted by Gasteiger charge is 2.24. The monoisotopic (exact) mass is 333 g/mol. The minimum atomic E-state index is -0.204. The van der Waals surface area contributed by atoms with Crippen LogP contribution in [-0.4, -0.2) is 67.2 Å². The number of carbonyl (C=O) groups excluding carboxylic acids is 2. The fourth-order valence-corrected chi connectivity index (χ4v) is 2.91. The van der Waals surface area contributed by atoms with E-state index >= 15 is 0 Å². The number of ether oxygens (including phenoxy) is 2. The number of hydrogen-bond acceptors (Lipinski definition) is 4. The number of benzene rings is 1. The van der Waals surface area contributed by atoms with Crippen molar-refractivity contribution >= 4 is 11.9 Å². The summed E-state index contributed by atoms with van der Waals surface area (Å²) in [5.41, 5.74) is 0. The second-order valence-electron chi connectivity index (χ2n) is 6.03. The van der Waals surface area contributed by atoms with Crippen LogP contribution in [0.2, 0.25) is 0 Å². The van der Waals surface area contributed by atoms with Gasteiger partial charge in [-0.05, 0) is 18.6 Å². The quantitative estimate of drug-likeness (QED) is 0.879. The van der Waals surface area contributed by atoms with E-state index in [0.29, 0.717) is 45.1 Å². The van der Waals surface area contributed by atoms with Crippen LogP contribution in [0, 0.1) is 0 Å². The van der Waals surface area contributed by atoms with Gasteiger partial charge in [-0.25, -0.2) is 4.79 Å². The Balaban J connectivity index is 1.47. The fourth-order valence-electron chi connectivity index (χ4n) is 2.91. The summed E-state index contributed by atoms with van der Waals surface area (Å²) in [4.78, 5) is 27.3. The zero-order valence-corrected chi connectivity index (χ0v) is 13.9. The predicted molar refractivity (Wildman–Crippen MR) is 88.2 cm³/mol. The molecular weight excluding hydrogens is 310 g/mol. The molecule has 24 heavy (non-hydrogen) atoms. The Kier molecular flexibility index (Phi) is 5.08. The van der Waals surface area contributed by atoms with Gasteiger partial charge < -0.3 is 24.6 Å². The number of rotatable bonds is 2. The Morgan fingerprint density at radius 1 is 1.12 bits per heavy atom. The fraction of sp³-hybridized carbons (Fsp3) is 0.529. The lowest BCUT2D eigenvalue weighted by Gasteiger charge is -2.28. The third-order valence-electron chi connectivity index (χ3n) is 4.28. The lowest BCUT2D eigenvalue weighted by atomic mass is 10.2. The van der Waals surface area contributed by atoms with Crippen molar-refractivity contribution in [1.29, 1.82) is 0 Å². The summed E-state index contributed by atoms with van der Waals surface area (Å²) < 4.78 is 11.5. The predicted octanol–water partition coefficient (Wildman–Crippen LogP) is 1.09. The number of urea groups is 1. The van der Waals surface area contributed by atoms with Crippen molar-refractivity contribution in [3.05, 3.63) is 24.3 Å². The molecule has 0 spiro atoms. The molecular formula is C17H23N3O4. The molecule has 0 aliphatic carbocycles. The van der Waals surface area contributed by atoms with Gasteiger partial charge in [0.1, 0.15) is 6.61 Å². The van der Waals surface area contributed by atoms with Gasteiger partial charge in [0.25, 0.3) is 0 Å². The van der Waals surface area contributed by atoms with Crippen LogP contribution in [0.25, 0.3) is 0 Å². The molecule has 1 fully saturated rings. The number of amides is 3. The zero-order chi connectivity index (χ0) is 16.9. The van der Waals surface area contributed by atoms with E-state index in [4.69, 9.17) is 9.47 Å². The minimum Gasteiger partial charge on any atom is -0.486 e. The van der Waals surface area contributed by atoms with Crippen LogP contribution in [0.3, 0.4) is 0 Å². The van der Waals surface area contributed by atoms with Gasteiger partial charge in [0.15, 0.2) is 17.6 Å². The van der Waals surface area contributed by atoms with Crippen LogP contribution in [0.4, 0.5) is 4.79 Å². The Bertz CT molecular complexity index is 607. The molecule has 1 N–H and O–H groups in total. The van der Waals surface area contributed by atoms with E-state index in [-0.39, 0.29) is 18.0 Å². The average Bonchev–Trinajstić information content (AvgIpc) is 2.86. The van der Waals surface area contributed by atoms with Crippen molar-refractivity contribution in [2.75, 3.05) is 39.3 Å². The highest BCUT2D eigenvalue weighted by atomic mass is 16.6. The molecule has 0 saturated carbocycles. The normalized spacial score (nSPS) is 20.3. The number of nitrogens with one attached hydrogen (secondary N) is 1. The van der Waals surface area contributed by atoms with Crippen LogP contribution in [0.1, 0.15) is 13.3 Å². The first-order valence-corrected chi connectivity index (χ1v) is 8.30. The molecule has 2 heterocycles. The van der Waals surface area contributed by atoms with E-state index in [1.807, 2.05) is 24.3 Å². The number of para-hydroxylation sites is 2. The Labute approximate surface area is 141 Å². The van der Waals surface area contributed by atoms with Gasteiger partial charge in [0.2, 0.25) is 5.91 Å². The summed E-state index contributed by atoms with van der Waals surface area (Å²) in [5, 5.41) is 2.90. The van der Waals surface area contributed by atoms with Gasteiger partial charge in [-0.2, -0.15) is 0 Å². The van der Waals surface area contributed by atoms with Crippen molar-refractivity contribution in [2.45, 2.75) is 19.4 Å². The topological polar surface area (TPSA) is 71.1 Å². The van der Waals surface area contributed by atoms with Crippen molar-refractivity contribution < 1.29 is 19.1 Å². The summed E-state index contributed by atoms with van der Waals surface area (Å²) in [6.07, 6.45) is 0.591. The van der Waals surface area contributed by atoms with E-state index in [9.17, 15) is 9.59 Å². The average molecular weight is 333 g/mol. The van der Waals surface area contributed by atoms with E-state index in [2.05, 4.69) is 5.32 Å². The second-order valence-corrected chi connectivity index (χ2v) is 6.03. The third-order valence-corrected chi connectivity index (χ3v) is 4.28. The Hall–Kier alpha value is -2.44. The molecule has 130 valence electrons. The molecule has 3 rings (SSSR count). The molecule has 1 atom stereocenters. The minimum absolute atomic E-state index is 0.0590. The molecule has 0 radical (unpaired) electrons. The number of hydrogen-bond donors (Lipinski definition) is 1. The molecule has 0 aromatic heterocycles. The summed E-state index contributed by atoms with van der Waals surface area (Å²) in [6.45, 7) is 4.86. The van der Waals surface area contributed by atoms with Crippen molar-refractivity contribution in [3.8, 4) is 11.5 Å². The lowest BCUT2D eigenvalue weighted by Crippen LogP contribution is -2.47. The molecule has 0 bridgehead atoms. The van der Waals surface area contributed by atoms with Crippen LogP contribution in [0.5, 0.6) is 11.5 Å². The molecule has 1 aromatic carbocycles. The molecule has 2 aliphatic rings. The smallest absolute Gasteiger partial charge is 0.317 e. The molecule has 1 unspecified atom stereocenters. The van der Waals surface area contributed by atoms with Crippen molar-refractivity contribution in [1.82, 2.24) is 15.1 Å². The molecule has 2 aliphatic heterocycles. The maximum Gasteiger partial charge on any atom is 0.317 e. The second kappa shape index (κ2) is 7.42. The van der Waals surface area contributed by atoms with Crippen LogP contribution in [-0.2, 0) is 4.79 Å². The highest BCUT2D eigenvalue weighted by molar-refractivity contribution is 5.75. The SMILES string of the molecule is CC(=O)N1CCCN(C(=O)NCC2COc3ccccc3O2)CC1. The van der Waals surface area contributed by atoms with E-state index in [1.54, 1.807) is 16.7 Å². The summed E-state index contributed by atoms with van der Waals surface area (Å²) in [6, 6.07) is 7.38. The van der Waals surface area contributed by atoms with Crippen molar-refractivity contribution in [2.24, 2.45) is 0 Å². The summed E-state index contributed by atoms with van der Waals surface area (Å²) in [5.74, 6) is 1.50. The van der Waals surface area contributed by atoms with Gasteiger partial charge in [0.05, 0.1) is 6.54 Å². The number of nitrogens with zero attached hydrogens (tertiary/aromatic N) is 2. The lowest BCUT2D eigenvalue weighted by molar-refractivity contribution is -0.128. The first-order valence-electron chi connectivity index (χ1n) is 8.30. The van der Waals surface area contributed by atoms with Gasteiger partial charge in [0, 0.05) is 33.1 Å². The maximum atomic E-state index is 12.3. The molecule has 3 amide bonds. The van der Waals surface area contributed by atoms with E-state index in [0.717, 1.165) is 12.2 Å². The molecule has 7 nitrogen and oxygen atoms in total. The summed E-state index contributed by atoms with van der Waals surface area (Å²) >= 11 is 0. The number of fused-ring (bicyclic) bond motifs is 1. The van der Waals surface area contributed by atoms with Crippen molar-refractivity contribution in [3.63, 3.8) is 0 Å². The van der Waals surface area contributed by atoms with Crippen LogP contribution < -0.4 is 14.8 Å². The first kappa shape index (κ1) is 16.4. The van der Waals surface area contributed by atoms with Crippen LogP contribution >= 0.6 is 0 Å². The largest absolute Gasteiger partial charge is 0.486 e. The van der Waals surface area contributed by atoms with Gasteiger partial charge in [-0.1, -0.05) is 12.1 Å².